The highest BCUT2D eigenvalue weighted by molar-refractivity contribution is 5.54. The number of aromatic nitrogens is 4. The summed E-state index contributed by atoms with van der Waals surface area (Å²) < 4.78 is 0. The SMILES string of the molecule is Cc1nc(-c2cnccn2)nc(NN)c1C. The smallest absolute Gasteiger partial charge is 0.182 e. The van der Waals surface area contributed by atoms with Crippen molar-refractivity contribution in [3.63, 3.8) is 0 Å². The van der Waals surface area contributed by atoms with Gasteiger partial charge in [0, 0.05) is 23.7 Å². The molecule has 0 spiro atoms. The summed E-state index contributed by atoms with van der Waals surface area (Å²) in [5, 5.41) is 0. The average Bonchev–Trinajstić information content (AvgIpc) is 2.33. The Morgan fingerprint density at radius 1 is 1.19 bits per heavy atom. The van der Waals surface area contributed by atoms with Crippen molar-refractivity contribution in [2.24, 2.45) is 5.84 Å². The average molecular weight is 216 g/mol. The van der Waals surface area contributed by atoms with E-state index in [9.17, 15) is 0 Å². The molecule has 0 saturated carbocycles. The van der Waals surface area contributed by atoms with Crippen LogP contribution in [0.3, 0.4) is 0 Å². The second kappa shape index (κ2) is 4.19. The third kappa shape index (κ3) is 1.82. The fourth-order valence-corrected chi connectivity index (χ4v) is 1.30. The molecular formula is C10H12N6. The fourth-order valence-electron chi connectivity index (χ4n) is 1.30. The van der Waals surface area contributed by atoms with Gasteiger partial charge < -0.3 is 5.43 Å². The zero-order chi connectivity index (χ0) is 11.5. The van der Waals surface area contributed by atoms with Crippen molar-refractivity contribution in [2.75, 3.05) is 5.43 Å². The Morgan fingerprint density at radius 3 is 2.62 bits per heavy atom. The quantitative estimate of drug-likeness (QED) is 0.571. The number of nitrogens with two attached hydrogens (primary N) is 1. The molecule has 0 aromatic carbocycles. The molecule has 0 aliphatic carbocycles. The topological polar surface area (TPSA) is 89.6 Å². The molecule has 0 saturated heterocycles. The standard InChI is InChI=1S/C10H12N6/c1-6-7(2)14-10(15-9(6)16-11)8-5-12-3-4-13-8/h3-5H,11H2,1-2H3,(H,14,15,16). The number of hydrogen-bond acceptors (Lipinski definition) is 6. The highest BCUT2D eigenvalue weighted by atomic mass is 15.3. The minimum Gasteiger partial charge on any atom is -0.308 e. The molecule has 0 aliphatic heterocycles. The number of aryl methyl sites for hydroxylation is 1. The van der Waals surface area contributed by atoms with E-state index in [0.717, 1.165) is 11.3 Å². The first-order valence-electron chi connectivity index (χ1n) is 4.80. The van der Waals surface area contributed by atoms with Gasteiger partial charge in [-0.15, -0.1) is 0 Å². The minimum atomic E-state index is 0.518. The number of hydrogen-bond donors (Lipinski definition) is 2. The Bertz CT molecular complexity index is 496. The van der Waals surface area contributed by atoms with Gasteiger partial charge in [-0.05, 0) is 13.8 Å². The Hall–Kier alpha value is -2.08. The van der Waals surface area contributed by atoms with Crippen LogP contribution in [0.15, 0.2) is 18.6 Å². The molecule has 2 aromatic rings. The molecule has 6 heteroatoms. The first-order chi connectivity index (χ1) is 7.72. The van der Waals surface area contributed by atoms with E-state index in [-0.39, 0.29) is 0 Å². The van der Waals surface area contributed by atoms with Gasteiger partial charge in [0.05, 0.1) is 6.20 Å². The summed E-state index contributed by atoms with van der Waals surface area (Å²) >= 11 is 0. The predicted molar refractivity (Wildman–Crippen MR) is 60.3 cm³/mol. The second-order valence-corrected chi connectivity index (χ2v) is 3.34. The molecule has 2 aromatic heterocycles. The maximum absolute atomic E-state index is 5.39. The lowest BCUT2D eigenvalue weighted by Gasteiger charge is -2.08. The number of anilines is 1. The van der Waals surface area contributed by atoms with Crippen molar-refractivity contribution in [3.05, 3.63) is 29.8 Å². The Kier molecular flexibility index (Phi) is 2.74. The van der Waals surface area contributed by atoms with E-state index in [1.807, 2.05) is 13.8 Å². The van der Waals surface area contributed by atoms with E-state index in [0.29, 0.717) is 17.3 Å². The van der Waals surface area contributed by atoms with Gasteiger partial charge in [-0.2, -0.15) is 0 Å². The van der Waals surface area contributed by atoms with Crippen LogP contribution in [-0.2, 0) is 0 Å². The molecule has 82 valence electrons. The molecule has 6 nitrogen and oxygen atoms in total. The van der Waals surface area contributed by atoms with Gasteiger partial charge in [0.2, 0.25) is 0 Å². The van der Waals surface area contributed by atoms with Crippen molar-refractivity contribution in [1.29, 1.82) is 0 Å². The van der Waals surface area contributed by atoms with Gasteiger partial charge in [-0.1, -0.05) is 0 Å². The summed E-state index contributed by atoms with van der Waals surface area (Å²) in [6.45, 7) is 3.81. The van der Waals surface area contributed by atoms with Crippen molar-refractivity contribution in [2.45, 2.75) is 13.8 Å². The number of hydrazine groups is 1. The lowest BCUT2D eigenvalue weighted by atomic mass is 10.2. The fraction of sp³-hybridized carbons (Fsp3) is 0.200. The van der Waals surface area contributed by atoms with Gasteiger partial charge in [-0.3, -0.25) is 4.98 Å². The predicted octanol–water partition coefficient (Wildman–Crippen LogP) is 0.836. The summed E-state index contributed by atoms with van der Waals surface area (Å²) in [4.78, 5) is 16.7. The van der Waals surface area contributed by atoms with Gasteiger partial charge in [0.25, 0.3) is 0 Å². The number of nitrogen functional groups attached to an aromatic ring is 1. The van der Waals surface area contributed by atoms with Crippen LogP contribution in [0.1, 0.15) is 11.3 Å². The number of nitrogens with zero attached hydrogens (tertiary/aromatic N) is 4. The molecular weight excluding hydrogens is 204 g/mol. The van der Waals surface area contributed by atoms with Gasteiger partial charge in [0.1, 0.15) is 11.5 Å². The summed E-state index contributed by atoms with van der Waals surface area (Å²) in [6.07, 6.45) is 4.82. The highest BCUT2D eigenvalue weighted by Crippen LogP contribution is 2.18. The van der Waals surface area contributed by atoms with E-state index in [4.69, 9.17) is 5.84 Å². The molecule has 0 bridgehead atoms. The maximum Gasteiger partial charge on any atom is 0.182 e. The first kappa shape index (κ1) is 10.4. The molecule has 0 atom stereocenters. The zero-order valence-electron chi connectivity index (χ0n) is 9.10. The summed E-state index contributed by atoms with van der Waals surface area (Å²) in [6, 6.07) is 0. The molecule has 2 rings (SSSR count). The van der Waals surface area contributed by atoms with E-state index in [1.165, 1.54) is 0 Å². The molecule has 0 radical (unpaired) electrons. The van der Waals surface area contributed by atoms with Crippen LogP contribution >= 0.6 is 0 Å². The highest BCUT2D eigenvalue weighted by Gasteiger charge is 2.09. The van der Waals surface area contributed by atoms with Crippen LogP contribution in [0.2, 0.25) is 0 Å². The molecule has 0 amide bonds. The normalized spacial score (nSPS) is 10.2. The molecule has 0 unspecified atom stereocenters. The number of nitrogens with one attached hydrogen (secondary N) is 1. The van der Waals surface area contributed by atoms with Crippen molar-refractivity contribution >= 4 is 5.82 Å². The summed E-state index contributed by atoms with van der Waals surface area (Å²) in [5.74, 6) is 6.51. The van der Waals surface area contributed by atoms with Crippen LogP contribution in [0.4, 0.5) is 5.82 Å². The maximum atomic E-state index is 5.39. The van der Waals surface area contributed by atoms with E-state index < -0.39 is 0 Å². The minimum absolute atomic E-state index is 0.518. The molecule has 0 fully saturated rings. The van der Waals surface area contributed by atoms with Crippen LogP contribution < -0.4 is 11.3 Å². The lowest BCUT2D eigenvalue weighted by Crippen LogP contribution is -2.12. The largest absolute Gasteiger partial charge is 0.308 e. The third-order valence-electron chi connectivity index (χ3n) is 2.32. The second-order valence-electron chi connectivity index (χ2n) is 3.34. The lowest BCUT2D eigenvalue weighted by molar-refractivity contribution is 1.04. The third-order valence-corrected chi connectivity index (χ3v) is 2.32. The van der Waals surface area contributed by atoms with Crippen LogP contribution in [-0.4, -0.2) is 19.9 Å². The van der Waals surface area contributed by atoms with Crippen molar-refractivity contribution in [1.82, 2.24) is 19.9 Å². The Balaban J connectivity index is 2.55. The van der Waals surface area contributed by atoms with Crippen molar-refractivity contribution in [3.8, 4) is 11.5 Å². The molecule has 2 heterocycles. The van der Waals surface area contributed by atoms with Crippen LogP contribution in [0.5, 0.6) is 0 Å². The van der Waals surface area contributed by atoms with Gasteiger partial charge in [-0.25, -0.2) is 20.8 Å². The zero-order valence-corrected chi connectivity index (χ0v) is 9.10. The summed E-state index contributed by atoms with van der Waals surface area (Å²) in [5.41, 5.74) is 4.96. The van der Waals surface area contributed by atoms with Gasteiger partial charge >= 0.3 is 0 Å². The van der Waals surface area contributed by atoms with E-state index >= 15 is 0 Å². The molecule has 16 heavy (non-hydrogen) atoms. The van der Waals surface area contributed by atoms with Gasteiger partial charge in [0.15, 0.2) is 5.82 Å². The first-order valence-corrected chi connectivity index (χ1v) is 4.80. The van der Waals surface area contributed by atoms with Crippen LogP contribution in [0, 0.1) is 13.8 Å². The molecule has 0 aliphatic rings. The van der Waals surface area contributed by atoms with Crippen molar-refractivity contribution < 1.29 is 0 Å². The van der Waals surface area contributed by atoms with Crippen LogP contribution in [0.25, 0.3) is 11.5 Å². The number of rotatable bonds is 2. The Morgan fingerprint density at radius 2 is 2.00 bits per heavy atom. The molecule has 3 N–H and O–H groups in total. The summed E-state index contributed by atoms with van der Waals surface area (Å²) in [7, 11) is 0. The van der Waals surface area contributed by atoms with E-state index in [2.05, 4.69) is 25.4 Å². The monoisotopic (exact) mass is 216 g/mol. The Labute approximate surface area is 93.0 Å². The van der Waals surface area contributed by atoms with E-state index in [1.54, 1.807) is 18.6 Å².